The summed E-state index contributed by atoms with van der Waals surface area (Å²) in [6.45, 7) is 2.30. The van der Waals surface area contributed by atoms with Crippen LogP contribution in [0.2, 0.25) is 0 Å². The summed E-state index contributed by atoms with van der Waals surface area (Å²) in [5.74, 6) is 0. The van der Waals surface area contributed by atoms with E-state index >= 15 is 0 Å². The van der Waals surface area contributed by atoms with Crippen LogP contribution in [0.3, 0.4) is 0 Å². The Morgan fingerprint density at radius 1 is 1.62 bits per heavy atom. The molecule has 3 nitrogen and oxygen atoms in total. The quantitative estimate of drug-likeness (QED) is 0.813. The molecule has 88 valence electrons. The Kier molecular flexibility index (Phi) is 3.91. The van der Waals surface area contributed by atoms with Crippen molar-refractivity contribution in [1.82, 2.24) is 10.3 Å². The highest BCUT2D eigenvalue weighted by Gasteiger charge is 2.22. The number of rotatable bonds is 4. The molecule has 0 fully saturated rings. The number of aromatic nitrogens is 1. The number of nitrogens with zero attached hydrogens (tertiary/aromatic N) is 1. The Morgan fingerprint density at radius 3 is 3.25 bits per heavy atom. The van der Waals surface area contributed by atoms with Crippen molar-refractivity contribution in [1.29, 1.82) is 0 Å². The zero-order valence-corrected chi connectivity index (χ0v) is 9.82. The van der Waals surface area contributed by atoms with Crippen molar-refractivity contribution >= 4 is 0 Å². The van der Waals surface area contributed by atoms with Crippen LogP contribution in [0.15, 0.2) is 18.3 Å². The molecule has 1 aromatic rings. The molecule has 1 aromatic heterocycles. The molecular weight excluding hydrogens is 200 g/mol. The lowest BCUT2D eigenvalue weighted by atomic mass is 9.91. The van der Waals surface area contributed by atoms with E-state index in [1.807, 2.05) is 12.3 Å². The summed E-state index contributed by atoms with van der Waals surface area (Å²) in [4.78, 5) is 4.48. The van der Waals surface area contributed by atoms with Crippen molar-refractivity contribution in [3.63, 3.8) is 0 Å². The molecule has 0 radical (unpaired) electrons. The van der Waals surface area contributed by atoms with E-state index in [9.17, 15) is 5.11 Å². The lowest BCUT2D eigenvalue weighted by molar-refractivity contribution is 0.222. The summed E-state index contributed by atoms with van der Waals surface area (Å²) in [5.41, 5.74) is 2.54. The molecule has 3 heteroatoms. The van der Waals surface area contributed by atoms with Gasteiger partial charge in [-0.2, -0.15) is 0 Å². The highest BCUT2D eigenvalue weighted by molar-refractivity contribution is 5.25. The predicted octanol–water partition coefficient (Wildman–Crippen LogP) is 1.82. The fourth-order valence-corrected chi connectivity index (χ4v) is 2.36. The Hall–Kier alpha value is -0.930. The third-order valence-electron chi connectivity index (χ3n) is 3.35. The van der Waals surface area contributed by atoms with Crippen LogP contribution in [0.4, 0.5) is 0 Å². The highest BCUT2D eigenvalue weighted by Crippen LogP contribution is 2.28. The molecule has 1 aliphatic carbocycles. The Labute approximate surface area is 96.9 Å². The minimum atomic E-state index is 0.193. The van der Waals surface area contributed by atoms with Crippen molar-refractivity contribution < 1.29 is 5.11 Å². The van der Waals surface area contributed by atoms with Gasteiger partial charge in [-0.05, 0) is 37.3 Å². The van der Waals surface area contributed by atoms with Crippen molar-refractivity contribution in [2.45, 2.75) is 44.7 Å². The van der Waals surface area contributed by atoms with Crippen LogP contribution >= 0.6 is 0 Å². The van der Waals surface area contributed by atoms with E-state index in [2.05, 4.69) is 23.3 Å². The fraction of sp³-hybridized carbons (Fsp3) is 0.615. The van der Waals surface area contributed by atoms with E-state index in [0.29, 0.717) is 6.04 Å². The first-order valence-corrected chi connectivity index (χ1v) is 6.15. The van der Waals surface area contributed by atoms with Gasteiger partial charge in [-0.25, -0.2) is 0 Å². The van der Waals surface area contributed by atoms with Gasteiger partial charge in [0.2, 0.25) is 0 Å². The maximum absolute atomic E-state index is 9.22. The van der Waals surface area contributed by atoms with Gasteiger partial charge in [-0.1, -0.05) is 13.0 Å². The number of fused-ring (bicyclic) bond motifs is 1. The number of hydrogen-bond donors (Lipinski definition) is 2. The molecule has 1 aliphatic rings. The Balaban J connectivity index is 2.12. The highest BCUT2D eigenvalue weighted by atomic mass is 16.3. The van der Waals surface area contributed by atoms with E-state index in [-0.39, 0.29) is 12.6 Å². The van der Waals surface area contributed by atoms with Crippen LogP contribution in [0.1, 0.15) is 43.5 Å². The first kappa shape index (κ1) is 11.6. The molecule has 2 N–H and O–H groups in total. The predicted molar refractivity (Wildman–Crippen MR) is 64.2 cm³/mol. The summed E-state index contributed by atoms with van der Waals surface area (Å²) < 4.78 is 0. The number of aliphatic hydroxyl groups excluding tert-OH is 1. The zero-order chi connectivity index (χ0) is 11.4. The molecular formula is C13H20N2O. The van der Waals surface area contributed by atoms with Crippen molar-refractivity contribution in [3.05, 3.63) is 29.6 Å². The van der Waals surface area contributed by atoms with Crippen LogP contribution in [0.25, 0.3) is 0 Å². The van der Waals surface area contributed by atoms with Gasteiger partial charge in [0.05, 0.1) is 18.3 Å². The van der Waals surface area contributed by atoms with Crippen LogP contribution in [0, 0.1) is 0 Å². The van der Waals surface area contributed by atoms with Gasteiger partial charge in [0.25, 0.3) is 0 Å². The second-order valence-corrected chi connectivity index (χ2v) is 4.45. The van der Waals surface area contributed by atoms with Gasteiger partial charge in [0.15, 0.2) is 0 Å². The fourth-order valence-electron chi connectivity index (χ4n) is 2.36. The number of pyridine rings is 1. The number of aliphatic hydroxyl groups is 1. The van der Waals surface area contributed by atoms with Gasteiger partial charge in [0.1, 0.15) is 0 Å². The van der Waals surface area contributed by atoms with Crippen LogP contribution in [-0.4, -0.2) is 22.7 Å². The van der Waals surface area contributed by atoms with Gasteiger partial charge in [0, 0.05) is 12.2 Å². The second kappa shape index (κ2) is 5.41. The molecule has 0 aliphatic heterocycles. The van der Waals surface area contributed by atoms with Gasteiger partial charge in [-0.3, -0.25) is 4.98 Å². The maximum atomic E-state index is 9.22. The molecule has 1 unspecified atom stereocenters. The number of aryl methyl sites for hydroxylation is 1. The summed E-state index contributed by atoms with van der Waals surface area (Å²) >= 11 is 0. The minimum Gasteiger partial charge on any atom is -0.395 e. The van der Waals surface area contributed by atoms with Crippen LogP contribution in [-0.2, 0) is 6.42 Å². The van der Waals surface area contributed by atoms with Crippen molar-refractivity contribution in [2.75, 3.05) is 6.61 Å². The van der Waals surface area contributed by atoms with E-state index in [0.717, 1.165) is 19.3 Å². The normalized spacial score (nSPS) is 21.5. The van der Waals surface area contributed by atoms with Crippen molar-refractivity contribution in [2.24, 2.45) is 0 Å². The summed E-state index contributed by atoms with van der Waals surface area (Å²) in [6, 6.07) is 4.68. The average molecular weight is 220 g/mol. The standard InChI is InChI=1S/C13H20N2O/c1-2-11(9-16)15-12-7-3-5-10-6-4-8-14-13(10)12/h4,6,8,11-12,15-16H,2-3,5,7,9H2,1H3/t11-,12?/m1/s1. The lowest BCUT2D eigenvalue weighted by Crippen LogP contribution is -2.37. The molecule has 16 heavy (non-hydrogen) atoms. The minimum absolute atomic E-state index is 0.193. The molecule has 0 spiro atoms. The van der Waals surface area contributed by atoms with Crippen molar-refractivity contribution in [3.8, 4) is 0 Å². The summed E-state index contributed by atoms with van der Waals surface area (Å²) in [7, 11) is 0. The average Bonchev–Trinajstić information content (AvgIpc) is 2.36. The van der Waals surface area contributed by atoms with Crippen LogP contribution in [0.5, 0.6) is 0 Å². The molecule has 2 rings (SSSR count). The van der Waals surface area contributed by atoms with E-state index in [4.69, 9.17) is 0 Å². The topological polar surface area (TPSA) is 45.1 Å². The monoisotopic (exact) mass is 220 g/mol. The number of nitrogens with one attached hydrogen (secondary N) is 1. The third-order valence-corrected chi connectivity index (χ3v) is 3.35. The molecule has 0 saturated heterocycles. The lowest BCUT2D eigenvalue weighted by Gasteiger charge is -2.28. The van der Waals surface area contributed by atoms with Crippen LogP contribution < -0.4 is 5.32 Å². The maximum Gasteiger partial charge on any atom is 0.0605 e. The molecule has 0 aromatic carbocycles. The van der Waals surface area contributed by atoms with E-state index in [1.165, 1.54) is 17.7 Å². The van der Waals surface area contributed by atoms with Gasteiger partial charge in [-0.15, -0.1) is 0 Å². The summed E-state index contributed by atoms with van der Waals surface area (Å²) in [6.07, 6.45) is 6.28. The smallest absolute Gasteiger partial charge is 0.0605 e. The largest absolute Gasteiger partial charge is 0.395 e. The van der Waals surface area contributed by atoms with Gasteiger partial charge < -0.3 is 10.4 Å². The Bertz CT molecular complexity index is 336. The van der Waals surface area contributed by atoms with E-state index in [1.54, 1.807) is 0 Å². The molecule has 0 saturated carbocycles. The van der Waals surface area contributed by atoms with E-state index < -0.39 is 0 Å². The Morgan fingerprint density at radius 2 is 2.50 bits per heavy atom. The second-order valence-electron chi connectivity index (χ2n) is 4.45. The number of hydrogen-bond acceptors (Lipinski definition) is 3. The first-order valence-electron chi connectivity index (χ1n) is 6.15. The molecule has 2 atom stereocenters. The zero-order valence-electron chi connectivity index (χ0n) is 9.82. The molecule has 0 amide bonds. The molecule has 1 heterocycles. The third kappa shape index (κ3) is 2.42. The first-order chi connectivity index (χ1) is 7.85. The molecule has 0 bridgehead atoms. The SMILES string of the molecule is CC[C@H](CO)NC1CCCc2cccnc21. The summed E-state index contributed by atoms with van der Waals surface area (Å²) in [5, 5.41) is 12.7. The van der Waals surface area contributed by atoms with Gasteiger partial charge >= 0.3 is 0 Å².